The number of carbonyl (C=O) groups excluding carboxylic acids is 4. The number of fused-ring (bicyclic) bond motifs is 2. The van der Waals surface area contributed by atoms with Crippen LogP contribution in [0.15, 0.2) is 24.3 Å². The Morgan fingerprint density at radius 1 is 1.25 bits per heavy atom. The summed E-state index contributed by atoms with van der Waals surface area (Å²) in [5.74, 6) is -1.08. The number of nitrogens with one attached hydrogen (secondary N) is 3. The largest absolute Gasteiger partial charge is 0.478 e. The molecule has 2 unspecified atom stereocenters. The van der Waals surface area contributed by atoms with Gasteiger partial charge in [0, 0.05) is 19.6 Å². The van der Waals surface area contributed by atoms with Crippen LogP contribution in [0.1, 0.15) is 48.0 Å². The summed E-state index contributed by atoms with van der Waals surface area (Å²) in [5, 5.41) is 18.2. The van der Waals surface area contributed by atoms with Crippen molar-refractivity contribution in [3.63, 3.8) is 0 Å². The first-order valence-electron chi connectivity index (χ1n) is 13.7. The lowest BCUT2D eigenvalue weighted by Crippen LogP contribution is -2.60. The first-order chi connectivity index (χ1) is 18.8. The smallest absolute Gasteiger partial charge is 0.265 e. The molecular formula is C29H39N5O6. The number of nitriles is 1. The molecule has 40 heavy (non-hydrogen) atoms. The van der Waals surface area contributed by atoms with Crippen LogP contribution in [0.4, 0.5) is 5.69 Å². The number of nitrogens with zero attached hydrogens (tertiary/aromatic N) is 2. The van der Waals surface area contributed by atoms with E-state index in [1.54, 1.807) is 36.1 Å². The average molecular weight is 554 g/mol. The Bertz CT molecular complexity index is 1220. The number of hydrogen-bond donors (Lipinski definition) is 3. The summed E-state index contributed by atoms with van der Waals surface area (Å²) in [6, 6.07) is 6.36. The van der Waals surface area contributed by atoms with Gasteiger partial charge in [0.25, 0.3) is 5.91 Å². The van der Waals surface area contributed by atoms with Crippen molar-refractivity contribution in [2.75, 3.05) is 25.1 Å². The Hall–Kier alpha value is -3.65. The second-order valence-electron chi connectivity index (χ2n) is 12.4. The summed E-state index contributed by atoms with van der Waals surface area (Å²) in [5.41, 5.74) is -0.225. The van der Waals surface area contributed by atoms with Crippen LogP contribution >= 0.6 is 0 Å². The van der Waals surface area contributed by atoms with Crippen LogP contribution in [0, 0.1) is 34.0 Å². The highest BCUT2D eigenvalue weighted by molar-refractivity contribution is 5.98. The molecular weight excluding hydrogens is 514 g/mol. The molecule has 0 aromatic heterocycles. The van der Waals surface area contributed by atoms with Crippen molar-refractivity contribution in [1.29, 1.82) is 5.26 Å². The maximum Gasteiger partial charge on any atom is 0.265 e. The van der Waals surface area contributed by atoms with Crippen molar-refractivity contribution < 1.29 is 28.7 Å². The highest BCUT2D eigenvalue weighted by atomic mass is 16.5. The number of rotatable bonds is 9. The van der Waals surface area contributed by atoms with Crippen molar-refractivity contribution in [2.24, 2.45) is 22.7 Å². The second-order valence-corrected chi connectivity index (χ2v) is 12.4. The normalized spacial score (nSPS) is 25.7. The third kappa shape index (κ3) is 5.77. The molecule has 2 aliphatic heterocycles. The van der Waals surface area contributed by atoms with E-state index >= 15 is 0 Å². The van der Waals surface area contributed by atoms with Crippen molar-refractivity contribution in [2.45, 2.75) is 72.2 Å². The summed E-state index contributed by atoms with van der Waals surface area (Å²) in [7, 11) is 0. The molecule has 1 saturated carbocycles. The van der Waals surface area contributed by atoms with Gasteiger partial charge in [-0.1, -0.05) is 46.8 Å². The van der Waals surface area contributed by atoms with Crippen LogP contribution in [0.5, 0.6) is 5.75 Å². The van der Waals surface area contributed by atoms with E-state index in [4.69, 9.17) is 9.47 Å². The molecule has 2 fully saturated rings. The van der Waals surface area contributed by atoms with Crippen molar-refractivity contribution in [1.82, 2.24) is 15.5 Å². The van der Waals surface area contributed by atoms with E-state index in [2.05, 4.69) is 35.9 Å². The van der Waals surface area contributed by atoms with Crippen molar-refractivity contribution in [3.8, 4) is 11.8 Å². The van der Waals surface area contributed by atoms with E-state index in [0.717, 1.165) is 0 Å². The first kappa shape index (κ1) is 29.3. The summed E-state index contributed by atoms with van der Waals surface area (Å²) >= 11 is 0. The van der Waals surface area contributed by atoms with Crippen LogP contribution in [0.25, 0.3) is 0 Å². The van der Waals surface area contributed by atoms with Gasteiger partial charge < -0.3 is 30.3 Å². The Labute approximate surface area is 234 Å². The summed E-state index contributed by atoms with van der Waals surface area (Å²) in [4.78, 5) is 54.2. The fourth-order valence-corrected chi connectivity index (χ4v) is 5.89. The number of ether oxygens (including phenoxy) is 2. The number of hydrogen-bond acceptors (Lipinski definition) is 7. The Kier molecular flexibility index (Phi) is 8.13. The highest BCUT2D eigenvalue weighted by Crippen LogP contribution is 2.65. The van der Waals surface area contributed by atoms with Crippen LogP contribution < -0.4 is 20.7 Å². The minimum atomic E-state index is -1.02. The number of carbonyl (C=O) groups is 4. The summed E-state index contributed by atoms with van der Waals surface area (Å²) in [6.45, 7) is 12.1. The van der Waals surface area contributed by atoms with Gasteiger partial charge in [-0.2, -0.15) is 5.26 Å². The molecule has 0 radical (unpaired) electrons. The van der Waals surface area contributed by atoms with Crippen LogP contribution in [-0.4, -0.2) is 72.5 Å². The molecule has 0 bridgehead atoms. The number of benzene rings is 1. The lowest BCUT2D eigenvalue weighted by molar-refractivity contribution is -0.146. The second kappa shape index (κ2) is 11.1. The molecule has 2 heterocycles. The van der Waals surface area contributed by atoms with Gasteiger partial charge in [-0.05, 0) is 41.7 Å². The number of piperidine rings is 1. The molecule has 1 aliphatic carbocycles. The molecule has 1 aromatic carbocycles. The van der Waals surface area contributed by atoms with Crippen LogP contribution in [0.3, 0.4) is 0 Å². The average Bonchev–Trinajstić information content (AvgIpc) is 3.22. The SMILES string of the molecule is CCOCC(=O)NC(C(=O)N1C[C@H]2[C@@H]([C@H]1C(=O)NC(C#N)C[C@@H]1Oc3ccccc3NC1=O)C2(C)C)C(C)(C)C. The van der Waals surface area contributed by atoms with E-state index in [9.17, 15) is 24.4 Å². The van der Waals surface area contributed by atoms with Crippen LogP contribution in [0.2, 0.25) is 0 Å². The number of amides is 4. The zero-order valence-electron chi connectivity index (χ0n) is 23.9. The first-order valence-corrected chi connectivity index (χ1v) is 13.7. The predicted octanol–water partition coefficient (Wildman–Crippen LogP) is 1.83. The summed E-state index contributed by atoms with van der Waals surface area (Å²) in [6.07, 6.45) is -1.02. The zero-order chi connectivity index (χ0) is 29.4. The fraction of sp³-hybridized carbons (Fsp3) is 0.621. The minimum absolute atomic E-state index is 0.0569. The maximum atomic E-state index is 13.9. The predicted molar refractivity (Wildman–Crippen MR) is 146 cm³/mol. The van der Waals surface area contributed by atoms with Gasteiger partial charge >= 0.3 is 0 Å². The molecule has 4 rings (SSSR count). The monoisotopic (exact) mass is 553 g/mol. The van der Waals surface area contributed by atoms with Gasteiger partial charge in [-0.15, -0.1) is 0 Å². The minimum Gasteiger partial charge on any atom is -0.478 e. The third-order valence-electron chi connectivity index (χ3n) is 8.24. The maximum absolute atomic E-state index is 13.9. The lowest BCUT2D eigenvalue weighted by atomic mass is 9.85. The van der Waals surface area contributed by atoms with Crippen molar-refractivity contribution in [3.05, 3.63) is 24.3 Å². The Morgan fingerprint density at radius 3 is 2.60 bits per heavy atom. The molecule has 0 spiro atoms. The van der Waals surface area contributed by atoms with Gasteiger partial charge in [0.1, 0.15) is 30.5 Å². The molecule has 1 aromatic rings. The van der Waals surface area contributed by atoms with E-state index in [0.29, 0.717) is 24.6 Å². The molecule has 216 valence electrons. The van der Waals surface area contributed by atoms with Gasteiger partial charge in [0.05, 0.1) is 11.8 Å². The lowest BCUT2D eigenvalue weighted by Gasteiger charge is -2.37. The Morgan fingerprint density at radius 2 is 1.95 bits per heavy atom. The van der Waals surface area contributed by atoms with E-state index in [1.165, 1.54) is 0 Å². The molecule has 11 heteroatoms. The molecule has 1 saturated heterocycles. The number of likely N-dealkylation sites (tertiary alicyclic amines) is 1. The quantitative estimate of drug-likeness (QED) is 0.422. The highest BCUT2D eigenvalue weighted by Gasteiger charge is 2.69. The standard InChI is InChI=1S/C29H39N5O6/c1-7-39-15-21(35)33-24(28(2,3)4)27(38)34-14-17-22(29(17,5)6)23(34)26(37)31-16(13-30)12-20-25(36)32-18-10-8-9-11-19(18)40-20/h8-11,16-17,20,22-24H,7,12,14-15H2,1-6H3,(H,31,37)(H,32,36)(H,33,35)/t16?,17-,20-,22-,23-,24?/m0/s1. The van der Waals surface area contributed by atoms with E-state index in [1.807, 2.05) is 20.8 Å². The topological polar surface area (TPSA) is 150 Å². The third-order valence-corrected chi connectivity index (χ3v) is 8.24. The number of anilines is 1. The van der Waals surface area contributed by atoms with Gasteiger partial charge in [0.2, 0.25) is 17.7 Å². The van der Waals surface area contributed by atoms with Crippen LogP contribution in [-0.2, 0) is 23.9 Å². The molecule has 11 nitrogen and oxygen atoms in total. The molecule has 4 amide bonds. The number of para-hydroxylation sites is 2. The molecule has 3 N–H and O–H groups in total. The van der Waals surface area contributed by atoms with Gasteiger partial charge in [-0.3, -0.25) is 19.2 Å². The van der Waals surface area contributed by atoms with Gasteiger partial charge in [-0.25, -0.2) is 0 Å². The van der Waals surface area contributed by atoms with E-state index < -0.39 is 47.4 Å². The molecule has 3 aliphatic rings. The molecule has 6 atom stereocenters. The van der Waals surface area contributed by atoms with Gasteiger partial charge in [0.15, 0.2) is 6.10 Å². The summed E-state index contributed by atoms with van der Waals surface area (Å²) < 4.78 is 11.0. The fourth-order valence-electron chi connectivity index (χ4n) is 5.89. The Balaban J connectivity index is 1.49. The van der Waals surface area contributed by atoms with E-state index in [-0.39, 0.29) is 36.2 Å². The van der Waals surface area contributed by atoms with Crippen molar-refractivity contribution >= 4 is 29.3 Å². The zero-order valence-corrected chi connectivity index (χ0v) is 23.9.